The zero-order valence-corrected chi connectivity index (χ0v) is 20.7. The van der Waals surface area contributed by atoms with Gasteiger partial charge in [0.2, 0.25) is 5.78 Å². The van der Waals surface area contributed by atoms with Gasteiger partial charge in [0.1, 0.15) is 22.8 Å². The second kappa shape index (κ2) is 7.94. The normalized spacial score (nSPS) is 27.0. The minimum absolute atomic E-state index is 0.0601. The predicted molar refractivity (Wildman–Crippen MR) is 136 cm³/mol. The van der Waals surface area contributed by atoms with Crippen LogP contribution < -0.4 is 10.6 Å². The van der Waals surface area contributed by atoms with E-state index in [4.69, 9.17) is 5.73 Å². The van der Waals surface area contributed by atoms with E-state index in [1.54, 1.807) is 13.0 Å². The second-order valence-electron chi connectivity index (χ2n) is 10.6. The lowest BCUT2D eigenvalue weighted by atomic mass is 9.53. The maximum atomic E-state index is 13.8. The van der Waals surface area contributed by atoms with Gasteiger partial charge in [-0.05, 0) is 47.7 Å². The number of phenols is 1. The van der Waals surface area contributed by atoms with Crippen LogP contribution in [0.4, 0.5) is 5.69 Å². The first-order valence-corrected chi connectivity index (χ1v) is 11.9. The lowest BCUT2D eigenvalue weighted by molar-refractivity contribution is -0.150. The molecule has 37 heavy (non-hydrogen) atoms. The number of anilines is 1. The number of nitrogens with two attached hydrogens (primary N) is 1. The third-order valence-electron chi connectivity index (χ3n) is 8.05. The molecule has 192 valence electrons. The Kier molecular flexibility index (Phi) is 5.28. The van der Waals surface area contributed by atoms with E-state index in [-0.39, 0.29) is 36.1 Å². The molecule has 9 nitrogen and oxygen atoms in total. The van der Waals surface area contributed by atoms with Crippen LogP contribution in [0, 0.1) is 11.3 Å². The maximum Gasteiger partial charge on any atom is 0.255 e. The van der Waals surface area contributed by atoms with Gasteiger partial charge in [0.25, 0.3) is 5.91 Å². The molecule has 2 aromatic rings. The fourth-order valence-corrected chi connectivity index (χ4v) is 6.23. The van der Waals surface area contributed by atoms with E-state index in [2.05, 4.69) is 0 Å². The van der Waals surface area contributed by atoms with E-state index >= 15 is 0 Å². The smallest absolute Gasteiger partial charge is 0.255 e. The van der Waals surface area contributed by atoms with E-state index in [1.165, 1.54) is 6.07 Å². The number of hydrogen-bond acceptors (Lipinski definition) is 8. The highest BCUT2D eigenvalue weighted by Gasteiger charge is 2.63. The highest BCUT2D eigenvalue weighted by atomic mass is 16.3. The van der Waals surface area contributed by atoms with Crippen molar-refractivity contribution in [2.24, 2.45) is 17.1 Å². The highest BCUT2D eigenvalue weighted by Crippen LogP contribution is 2.58. The quantitative estimate of drug-likeness (QED) is 0.399. The Labute approximate surface area is 213 Å². The number of benzene rings is 2. The summed E-state index contributed by atoms with van der Waals surface area (Å²) in [5.74, 6) is -5.87. The number of aliphatic hydroxyl groups is 3. The average molecular weight is 505 g/mol. The van der Waals surface area contributed by atoms with Crippen LogP contribution in [0.25, 0.3) is 16.9 Å². The van der Waals surface area contributed by atoms with Gasteiger partial charge in [0.15, 0.2) is 11.4 Å². The van der Waals surface area contributed by atoms with Gasteiger partial charge in [-0.15, -0.1) is 0 Å². The number of carbonyl (C=O) groups excluding carboxylic acids is 3. The standard InChI is InChI=1S/C28H28N2O7/c1-27-11-14-10-19(32)21(26(29)36)24(34)28(14,37)25(35)22(27)23(33)20-17(12-27)16(8-9-18(20)31)13-4-6-15(7-5-13)30(2)3/h4-9,14,31,33-34,37H,10-12H2,1-3H3,(H2,29,36)/t14?,27-,28-/m1/s1. The minimum Gasteiger partial charge on any atom is -0.508 e. The molecule has 9 heteroatoms. The molecule has 1 amide bonds. The van der Waals surface area contributed by atoms with E-state index in [0.29, 0.717) is 5.56 Å². The summed E-state index contributed by atoms with van der Waals surface area (Å²) in [6, 6.07) is 10.9. The Morgan fingerprint density at radius 3 is 2.30 bits per heavy atom. The molecule has 0 saturated heterocycles. The van der Waals surface area contributed by atoms with Crippen molar-refractivity contribution in [2.75, 3.05) is 19.0 Å². The van der Waals surface area contributed by atoms with Gasteiger partial charge in [-0.25, -0.2) is 0 Å². The van der Waals surface area contributed by atoms with Crippen molar-refractivity contribution in [1.82, 2.24) is 0 Å². The molecule has 1 unspecified atom stereocenters. The van der Waals surface area contributed by atoms with Gasteiger partial charge in [0, 0.05) is 43.1 Å². The van der Waals surface area contributed by atoms with E-state index in [0.717, 1.165) is 16.8 Å². The first-order valence-electron chi connectivity index (χ1n) is 11.9. The largest absolute Gasteiger partial charge is 0.508 e. The summed E-state index contributed by atoms with van der Waals surface area (Å²) in [5.41, 5.74) is 3.95. The van der Waals surface area contributed by atoms with Gasteiger partial charge < -0.3 is 31.1 Å². The number of aliphatic hydroxyl groups excluding tert-OH is 2. The van der Waals surface area contributed by atoms with Crippen molar-refractivity contribution in [2.45, 2.75) is 31.8 Å². The number of ketones is 2. The Balaban J connectivity index is 1.71. The zero-order chi connectivity index (χ0) is 27.0. The third-order valence-corrected chi connectivity index (χ3v) is 8.05. The van der Waals surface area contributed by atoms with Crippen LogP contribution in [0.3, 0.4) is 0 Å². The molecule has 0 aliphatic heterocycles. The fraction of sp³-hybridized carbons (Fsp3) is 0.321. The van der Waals surface area contributed by atoms with Crippen molar-refractivity contribution < 1.29 is 34.8 Å². The number of phenolic OH excluding ortho intramolecular Hbond substituents is 1. The molecule has 0 heterocycles. The Morgan fingerprint density at radius 2 is 1.70 bits per heavy atom. The van der Waals surface area contributed by atoms with Crippen molar-refractivity contribution in [3.63, 3.8) is 0 Å². The Bertz CT molecular complexity index is 1450. The fourth-order valence-electron chi connectivity index (χ4n) is 6.23. The molecule has 0 aromatic heterocycles. The Hall–Kier alpha value is -4.11. The number of fused-ring (bicyclic) bond motifs is 3. The van der Waals surface area contributed by atoms with Crippen LogP contribution >= 0.6 is 0 Å². The molecular formula is C28H28N2O7. The van der Waals surface area contributed by atoms with Crippen molar-refractivity contribution in [3.05, 3.63) is 64.4 Å². The summed E-state index contributed by atoms with van der Waals surface area (Å²) in [5, 5.41) is 44.3. The second-order valence-corrected chi connectivity index (χ2v) is 10.6. The molecule has 0 bridgehead atoms. The number of hydrogen-bond donors (Lipinski definition) is 5. The van der Waals surface area contributed by atoms with Gasteiger partial charge in [-0.1, -0.05) is 25.1 Å². The summed E-state index contributed by atoms with van der Waals surface area (Å²) < 4.78 is 0. The van der Waals surface area contributed by atoms with Gasteiger partial charge >= 0.3 is 0 Å². The van der Waals surface area contributed by atoms with E-state index in [1.807, 2.05) is 43.3 Å². The van der Waals surface area contributed by atoms with Gasteiger partial charge in [-0.2, -0.15) is 0 Å². The predicted octanol–water partition coefficient (Wildman–Crippen LogP) is 2.55. The Morgan fingerprint density at radius 1 is 1.05 bits per heavy atom. The topological polar surface area (TPSA) is 161 Å². The van der Waals surface area contributed by atoms with E-state index < -0.39 is 51.5 Å². The molecule has 3 atom stereocenters. The molecule has 3 aliphatic carbocycles. The first-order chi connectivity index (χ1) is 17.3. The van der Waals surface area contributed by atoms with E-state index in [9.17, 15) is 34.8 Å². The number of amides is 1. The minimum atomic E-state index is -2.59. The van der Waals surface area contributed by atoms with Crippen LogP contribution in [0.1, 0.15) is 30.9 Å². The first kappa shape index (κ1) is 24.6. The number of carbonyl (C=O) groups is 3. The number of primary amides is 1. The summed E-state index contributed by atoms with van der Waals surface area (Å²) in [6.07, 6.45) is -0.0783. The SMILES string of the molecule is CN(C)c1ccc(-c2ccc(O)c3c2C[C@@]2(C)CC4CC(=O)C(C(N)=O)=C(O)[C@@]4(O)C(=O)C2=C3O)cc1. The van der Waals surface area contributed by atoms with Crippen LogP contribution in [-0.4, -0.2) is 57.6 Å². The highest BCUT2D eigenvalue weighted by molar-refractivity contribution is 6.23. The van der Waals surface area contributed by atoms with Crippen LogP contribution in [0.5, 0.6) is 5.75 Å². The van der Waals surface area contributed by atoms with Crippen LogP contribution in [-0.2, 0) is 20.8 Å². The molecule has 1 saturated carbocycles. The maximum absolute atomic E-state index is 13.8. The molecule has 2 aromatic carbocycles. The van der Waals surface area contributed by atoms with Crippen LogP contribution in [0.15, 0.2) is 53.3 Å². The van der Waals surface area contributed by atoms with Crippen LogP contribution in [0.2, 0.25) is 0 Å². The molecule has 5 rings (SSSR count). The van der Waals surface area contributed by atoms with Crippen molar-refractivity contribution in [3.8, 4) is 16.9 Å². The molecule has 1 fully saturated rings. The summed E-state index contributed by atoms with van der Waals surface area (Å²) in [4.78, 5) is 40.2. The number of aromatic hydroxyl groups is 1. The number of rotatable bonds is 3. The monoisotopic (exact) mass is 504 g/mol. The molecule has 0 radical (unpaired) electrons. The van der Waals surface area contributed by atoms with Crippen molar-refractivity contribution >= 4 is 28.9 Å². The average Bonchev–Trinajstić information content (AvgIpc) is 2.81. The third kappa shape index (κ3) is 3.30. The molecule has 6 N–H and O–H groups in total. The van der Waals surface area contributed by atoms with Crippen molar-refractivity contribution in [1.29, 1.82) is 0 Å². The molecule has 0 spiro atoms. The van der Waals surface area contributed by atoms with Gasteiger partial charge in [0.05, 0.1) is 5.56 Å². The number of nitrogens with zero attached hydrogens (tertiary/aromatic N) is 1. The molecule has 3 aliphatic rings. The lowest BCUT2D eigenvalue weighted by Crippen LogP contribution is -2.60. The lowest BCUT2D eigenvalue weighted by Gasteiger charge is -2.50. The summed E-state index contributed by atoms with van der Waals surface area (Å²) >= 11 is 0. The summed E-state index contributed by atoms with van der Waals surface area (Å²) in [7, 11) is 3.86. The summed E-state index contributed by atoms with van der Waals surface area (Å²) in [6.45, 7) is 1.75. The van der Waals surface area contributed by atoms with Gasteiger partial charge in [-0.3, -0.25) is 14.4 Å². The number of Topliss-reactive ketones (excluding diaryl/α,β-unsaturated/α-hetero) is 2. The molecular weight excluding hydrogens is 476 g/mol. The zero-order valence-electron chi connectivity index (χ0n) is 20.7.